The average molecular weight is 242 g/mol. The SMILES string of the molecule is CCOC1C=Cc2ccccc2N1c1cn[nH]n1. The van der Waals surface area contributed by atoms with E-state index in [1.807, 2.05) is 30.0 Å². The zero-order chi connectivity index (χ0) is 12.4. The summed E-state index contributed by atoms with van der Waals surface area (Å²) in [5.41, 5.74) is 2.23. The van der Waals surface area contributed by atoms with E-state index in [1.54, 1.807) is 6.20 Å². The minimum Gasteiger partial charge on any atom is -0.355 e. The minimum absolute atomic E-state index is 0.144. The second-order valence-corrected chi connectivity index (χ2v) is 3.96. The van der Waals surface area contributed by atoms with E-state index < -0.39 is 0 Å². The fourth-order valence-corrected chi connectivity index (χ4v) is 2.12. The number of rotatable bonds is 3. The Balaban J connectivity index is 2.07. The highest BCUT2D eigenvalue weighted by molar-refractivity contribution is 5.76. The molecule has 2 heterocycles. The van der Waals surface area contributed by atoms with Crippen molar-refractivity contribution in [1.82, 2.24) is 15.4 Å². The van der Waals surface area contributed by atoms with Gasteiger partial charge in [0.05, 0.1) is 11.9 Å². The molecule has 1 aromatic heterocycles. The fraction of sp³-hybridized carbons (Fsp3) is 0.231. The summed E-state index contributed by atoms with van der Waals surface area (Å²) in [5.74, 6) is 0.755. The summed E-state index contributed by atoms with van der Waals surface area (Å²) < 4.78 is 5.73. The molecular weight excluding hydrogens is 228 g/mol. The van der Waals surface area contributed by atoms with Crippen molar-refractivity contribution in [2.24, 2.45) is 0 Å². The third-order valence-corrected chi connectivity index (χ3v) is 2.88. The summed E-state index contributed by atoms with van der Waals surface area (Å²) in [6.45, 7) is 2.63. The van der Waals surface area contributed by atoms with Gasteiger partial charge >= 0.3 is 0 Å². The standard InChI is InChI=1S/C13H14N4O/c1-2-18-13-8-7-10-5-3-4-6-11(10)17(13)12-9-14-16-15-12/h3-9,13H,2H2,1H3,(H,14,15,16). The molecule has 1 aliphatic rings. The van der Waals surface area contributed by atoms with Crippen LogP contribution in [0.2, 0.25) is 0 Å². The first kappa shape index (κ1) is 11.0. The highest BCUT2D eigenvalue weighted by Crippen LogP contribution is 2.34. The monoisotopic (exact) mass is 242 g/mol. The minimum atomic E-state index is -0.144. The van der Waals surface area contributed by atoms with Crippen molar-refractivity contribution >= 4 is 17.6 Å². The van der Waals surface area contributed by atoms with Gasteiger partial charge in [-0.05, 0) is 24.6 Å². The highest BCUT2D eigenvalue weighted by Gasteiger charge is 2.25. The maximum Gasteiger partial charge on any atom is 0.177 e. The van der Waals surface area contributed by atoms with Gasteiger partial charge in [-0.2, -0.15) is 10.3 Å². The third kappa shape index (κ3) is 1.78. The lowest BCUT2D eigenvalue weighted by Gasteiger charge is -2.33. The van der Waals surface area contributed by atoms with Gasteiger partial charge in [0.1, 0.15) is 0 Å². The van der Waals surface area contributed by atoms with E-state index in [4.69, 9.17) is 4.74 Å². The first-order valence-electron chi connectivity index (χ1n) is 5.94. The lowest BCUT2D eigenvalue weighted by molar-refractivity contribution is 0.100. The molecule has 0 saturated heterocycles. The molecule has 2 aromatic rings. The summed E-state index contributed by atoms with van der Waals surface area (Å²) >= 11 is 0. The van der Waals surface area contributed by atoms with Gasteiger partial charge in [-0.3, -0.25) is 4.90 Å². The number of H-pyrrole nitrogens is 1. The van der Waals surface area contributed by atoms with Crippen LogP contribution in [0.4, 0.5) is 11.5 Å². The van der Waals surface area contributed by atoms with Crippen LogP contribution < -0.4 is 4.90 Å². The van der Waals surface area contributed by atoms with Crippen molar-refractivity contribution in [3.05, 3.63) is 42.1 Å². The van der Waals surface area contributed by atoms with Crippen LogP contribution in [0.5, 0.6) is 0 Å². The number of para-hydroxylation sites is 1. The Morgan fingerprint density at radius 2 is 2.28 bits per heavy atom. The van der Waals surface area contributed by atoms with Crippen molar-refractivity contribution in [3.63, 3.8) is 0 Å². The van der Waals surface area contributed by atoms with Gasteiger partial charge in [0.25, 0.3) is 0 Å². The Morgan fingerprint density at radius 1 is 1.39 bits per heavy atom. The normalized spacial score (nSPS) is 17.8. The number of aromatic nitrogens is 3. The number of nitrogens with one attached hydrogen (secondary N) is 1. The number of nitrogens with zero attached hydrogens (tertiary/aromatic N) is 3. The molecule has 0 fully saturated rings. The second kappa shape index (κ2) is 4.62. The van der Waals surface area contributed by atoms with E-state index in [2.05, 4.69) is 33.6 Å². The van der Waals surface area contributed by atoms with E-state index in [1.165, 1.54) is 0 Å². The van der Waals surface area contributed by atoms with Crippen LogP contribution in [-0.2, 0) is 4.74 Å². The zero-order valence-corrected chi connectivity index (χ0v) is 10.1. The largest absolute Gasteiger partial charge is 0.355 e. The molecule has 0 saturated carbocycles. The van der Waals surface area contributed by atoms with E-state index in [0.717, 1.165) is 17.1 Å². The summed E-state index contributed by atoms with van der Waals surface area (Å²) in [7, 11) is 0. The molecule has 1 atom stereocenters. The summed E-state index contributed by atoms with van der Waals surface area (Å²) in [5, 5.41) is 10.7. The molecule has 92 valence electrons. The summed E-state index contributed by atoms with van der Waals surface area (Å²) in [4.78, 5) is 2.03. The van der Waals surface area contributed by atoms with Crippen LogP contribution in [-0.4, -0.2) is 28.2 Å². The first-order valence-corrected chi connectivity index (χ1v) is 5.94. The van der Waals surface area contributed by atoms with Gasteiger partial charge in [-0.1, -0.05) is 24.3 Å². The molecule has 0 aliphatic carbocycles. The van der Waals surface area contributed by atoms with Gasteiger partial charge in [0, 0.05) is 6.61 Å². The smallest absolute Gasteiger partial charge is 0.177 e. The molecule has 0 bridgehead atoms. The molecule has 0 spiro atoms. The maximum absolute atomic E-state index is 5.73. The van der Waals surface area contributed by atoms with Gasteiger partial charge in [-0.15, -0.1) is 5.10 Å². The van der Waals surface area contributed by atoms with Crippen LogP contribution in [0.15, 0.2) is 36.5 Å². The van der Waals surface area contributed by atoms with Gasteiger partial charge in [-0.25, -0.2) is 0 Å². The number of benzene rings is 1. The maximum atomic E-state index is 5.73. The van der Waals surface area contributed by atoms with Crippen LogP contribution in [0.1, 0.15) is 12.5 Å². The number of aromatic amines is 1. The Hall–Kier alpha value is -2.14. The van der Waals surface area contributed by atoms with E-state index >= 15 is 0 Å². The van der Waals surface area contributed by atoms with Crippen molar-refractivity contribution in [2.45, 2.75) is 13.2 Å². The number of hydrogen-bond acceptors (Lipinski definition) is 4. The fourth-order valence-electron chi connectivity index (χ4n) is 2.12. The first-order chi connectivity index (χ1) is 8.90. The molecule has 1 N–H and O–H groups in total. The molecular formula is C13H14N4O. The number of ether oxygens (including phenoxy) is 1. The summed E-state index contributed by atoms with van der Waals surface area (Å²) in [6.07, 6.45) is 5.66. The number of anilines is 2. The van der Waals surface area contributed by atoms with Crippen LogP contribution in [0.25, 0.3) is 6.08 Å². The molecule has 5 nitrogen and oxygen atoms in total. The van der Waals surface area contributed by atoms with Gasteiger partial charge < -0.3 is 4.74 Å². The van der Waals surface area contributed by atoms with Crippen molar-refractivity contribution in [1.29, 1.82) is 0 Å². The van der Waals surface area contributed by atoms with E-state index in [-0.39, 0.29) is 6.23 Å². The lowest BCUT2D eigenvalue weighted by atomic mass is 10.1. The average Bonchev–Trinajstić information content (AvgIpc) is 2.92. The summed E-state index contributed by atoms with van der Waals surface area (Å²) in [6, 6.07) is 8.15. The lowest BCUT2D eigenvalue weighted by Crippen LogP contribution is -2.34. The van der Waals surface area contributed by atoms with Crippen molar-refractivity contribution in [2.75, 3.05) is 11.5 Å². The van der Waals surface area contributed by atoms with Gasteiger partial charge in [0.2, 0.25) is 0 Å². The molecule has 5 heteroatoms. The molecule has 1 aliphatic heterocycles. The predicted molar refractivity (Wildman–Crippen MR) is 69.4 cm³/mol. The second-order valence-electron chi connectivity index (χ2n) is 3.96. The molecule has 1 unspecified atom stereocenters. The molecule has 0 amide bonds. The zero-order valence-electron chi connectivity index (χ0n) is 10.1. The Labute approximate surface area is 105 Å². The highest BCUT2D eigenvalue weighted by atomic mass is 16.5. The van der Waals surface area contributed by atoms with Crippen molar-refractivity contribution < 1.29 is 4.74 Å². The van der Waals surface area contributed by atoms with Crippen LogP contribution in [0, 0.1) is 0 Å². The quantitative estimate of drug-likeness (QED) is 0.897. The van der Waals surface area contributed by atoms with E-state index in [9.17, 15) is 0 Å². The molecule has 1 aromatic carbocycles. The third-order valence-electron chi connectivity index (χ3n) is 2.88. The van der Waals surface area contributed by atoms with Crippen LogP contribution >= 0.6 is 0 Å². The van der Waals surface area contributed by atoms with Gasteiger partial charge in [0.15, 0.2) is 12.0 Å². The van der Waals surface area contributed by atoms with Crippen LogP contribution in [0.3, 0.4) is 0 Å². The predicted octanol–water partition coefficient (Wildman–Crippen LogP) is 2.33. The Morgan fingerprint density at radius 3 is 3.06 bits per heavy atom. The topological polar surface area (TPSA) is 54.0 Å². The Kier molecular flexibility index (Phi) is 2.82. The number of hydrogen-bond donors (Lipinski definition) is 1. The Bertz CT molecular complexity index is 550. The molecule has 18 heavy (non-hydrogen) atoms. The van der Waals surface area contributed by atoms with E-state index in [0.29, 0.717) is 6.61 Å². The molecule has 0 radical (unpaired) electrons. The molecule has 3 rings (SSSR count). The number of fused-ring (bicyclic) bond motifs is 1. The van der Waals surface area contributed by atoms with Crippen molar-refractivity contribution in [3.8, 4) is 0 Å².